The highest BCUT2D eigenvalue weighted by Gasteiger charge is 2.24. The Balaban J connectivity index is 2.77. The first-order valence-electron chi connectivity index (χ1n) is 6.91. The highest BCUT2D eigenvalue weighted by atomic mass is 15.5. The zero-order chi connectivity index (χ0) is 14.3. The van der Waals surface area contributed by atoms with Crippen molar-refractivity contribution in [2.45, 2.75) is 0 Å². The van der Waals surface area contributed by atoms with Crippen molar-refractivity contribution in [2.24, 2.45) is 0 Å². The van der Waals surface area contributed by atoms with Gasteiger partial charge in [0.25, 0.3) is 0 Å². The summed E-state index contributed by atoms with van der Waals surface area (Å²) in [7, 11) is 10.6. The molecule has 108 valence electrons. The Morgan fingerprint density at radius 2 is 1.58 bits per heavy atom. The third-order valence-corrected chi connectivity index (χ3v) is 3.73. The van der Waals surface area contributed by atoms with Crippen molar-refractivity contribution >= 4 is 5.69 Å². The normalized spacial score (nSPS) is 14.9. The lowest BCUT2D eigenvalue weighted by Gasteiger charge is -2.36. The van der Waals surface area contributed by atoms with Crippen LogP contribution in [0.3, 0.4) is 0 Å². The molecular weight excluding hydrogens is 236 g/mol. The third kappa shape index (κ3) is 5.28. The van der Waals surface area contributed by atoms with Crippen molar-refractivity contribution in [3.05, 3.63) is 30.3 Å². The second-order valence-electron chi connectivity index (χ2n) is 5.63. The maximum Gasteiger partial charge on any atom is 0.132 e. The molecule has 0 saturated heterocycles. The molecule has 0 aliphatic carbocycles. The summed E-state index contributed by atoms with van der Waals surface area (Å²) in [6.07, 6.45) is 0. The van der Waals surface area contributed by atoms with Gasteiger partial charge in [0.2, 0.25) is 0 Å². The maximum atomic E-state index is 3.17. The van der Waals surface area contributed by atoms with Crippen molar-refractivity contribution in [3.63, 3.8) is 0 Å². The van der Waals surface area contributed by atoms with Crippen LogP contribution >= 0.6 is 0 Å². The summed E-state index contributed by atoms with van der Waals surface area (Å²) in [6, 6.07) is 10.8. The molecule has 0 saturated carbocycles. The van der Waals surface area contributed by atoms with E-state index in [1.54, 1.807) is 0 Å². The van der Waals surface area contributed by atoms with Gasteiger partial charge in [-0.25, -0.2) is 5.01 Å². The molecular formula is C15H29N4+. The van der Waals surface area contributed by atoms with E-state index >= 15 is 0 Å². The lowest BCUT2D eigenvalue weighted by Crippen LogP contribution is -2.53. The van der Waals surface area contributed by atoms with E-state index in [-0.39, 0.29) is 0 Å². The third-order valence-electron chi connectivity index (χ3n) is 3.73. The average Bonchev–Trinajstić information content (AvgIpc) is 2.43. The molecule has 1 atom stereocenters. The molecule has 1 aromatic carbocycles. The summed E-state index contributed by atoms with van der Waals surface area (Å²) in [5.41, 5.74) is 4.55. The highest BCUT2D eigenvalue weighted by molar-refractivity contribution is 5.41. The first kappa shape index (κ1) is 16.1. The molecule has 0 spiro atoms. The molecule has 0 heterocycles. The van der Waals surface area contributed by atoms with Crippen molar-refractivity contribution in [3.8, 4) is 0 Å². The van der Waals surface area contributed by atoms with E-state index in [1.165, 1.54) is 5.69 Å². The molecule has 0 aliphatic rings. The molecule has 0 aromatic heterocycles. The molecule has 1 unspecified atom stereocenters. The number of nitrogens with one attached hydrogen (secondary N) is 1. The molecule has 4 heteroatoms. The molecule has 0 radical (unpaired) electrons. The minimum Gasteiger partial charge on any atom is -0.304 e. The van der Waals surface area contributed by atoms with Crippen LogP contribution < -0.4 is 9.91 Å². The topological polar surface area (TPSA) is 18.5 Å². The van der Waals surface area contributed by atoms with E-state index in [0.717, 1.165) is 30.7 Å². The minimum absolute atomic E-state index is 0.963. The van der Waals surface area contributed by atoms with Gasteiger partial charge in [-0.2, -0.15) is 0 Å². The van der Waals surface area contributed by atoms with Crippen LogP contribution in [0.25, 0.3) is 0 Å². The summed E-state index contributed by atoms with van der Waals surface area (Å²) < 4.78 is 0.963. The monoisotopic (exact) mass is 265 g/mol. The second-order valence-corrected chi connectivity index (χ2v) is 5.63. The molecule has 0 amide bonds. The zero-order valence-electron chi connectivity index (χ0n) is 13.1. The van der Waals surface area contributed by atoms with Crippen LogP contribution in [0, 0.1) is 0 Å². The number of hydrogen-bond acceptors (Lipinski definition) is 3. The van der Waals surface area contributed by atoms with Gasteiger partial charge in [0.05, 0.1) is 26.7 Å². The fourth-order valence-corrected chi connectivity index (χ4v) is 2.06. The zero-order valence-corrected chi connectivity index (χ0v) is 13.1. The van der Waals surface area contributed by atoms with E-state index in [2.05, 4.69) is 73.9 Å². The summed E-state index contributed by atoms with van der Waals surface area (Å²) in [5, 5.41) is 2.13. The Bertz CT molecular complexity index is 352. The maximum absolute atomic E-state index is 3.17. The predicted molar refractivity (Wildman–Crippen MR) is 84.1 cm³/mol. The molecule has 4 nitrogen and oxygen atoms in total. The van der Waals surface area contributed by atoms with Gasteiger partial charge in [-0.1, -0.05) is 18.2 Å². The Morgan fingerprint density at radius 3 is 2.11 bits per heavy atom. The van der Waals surface area contributed by atoms with Crippen LogP contribution in [-0.2, 0) is 0 Å². The summed E-state index contributed by atoms with van der Waals surface area (Å²) in [6.45, 7) is 4.33. The second kappa shape index (κ2) is 7.60. The summed E-state index contributed by atoms with van der Waals surface area (Å²) in [5.74, 6) is 0. The SMILES string of the molecule is CNN(C)CC[N+](C)(CCN(C)C)c1ccccc1. The lowest BCUT2D eigenvalue weighted by molar-refractivity contribution is 0.206. The smallest absolute Gasteiger partial charge is 0.132 e. The molecule has 19 heavy (non-hydrogen) atoms. The van der Waals surface area contributed by atoms with Gasteiger partial charge < -0.3 is 4.90 Å². The highest BCUT2D eigenvalue weighted by Crippen LogP contribution is 2.20. The van der Waals surface area contributed by atoms with E-state index < -0.39 is 0 Å². The minimum atomic E-state index is 0.963. The van der Waals surface area contributed by atoms with Gasteiger partial charge in [-0.3, -0.25) is 9.91 Å². The molecule has 0 bridgehead atoms. The Hall–Kier alpha value is -0.940. The van der Waals surface area contributed by atoms with Gasteiger partial charge in [-0.05, 0) is 33.3 Å². The van der Waals surface area contributed by atoms with E-state index in [1.807, 2.05) is 7.05 Å². The number of hydrogen-bond donors (Lipinski definition) is 1. The first-order chi connectivity index (χ1) is 8.98. The largest absolute Gasteiger partial charge is 0.304 e. The van der Waals surface area contributed by atoms with E-state index in [9.17, 15) is 0 Å². The van der Waals surface area contributed by atoms with Crippen LogP contribution in [-0.4, -0.2) is 71.3 Å². The number of rotatable bonds is 8. The number of nitrogens with zero attached hydrogens (tertiary/aromatic N) is 3. The molecule has 1 aromatic rings. The van der Waals surface area contributed by atoms with E-state index in [4.69, 9.17) is 0 Å². The Morgan fingerprint density at radius 1 is 1.00 bits per heavy atom. The van der Waals surface area contributed by atoms with Gasteiger partial charge in [0.15, 0.2) is 0 Å². The Labute approximate surface area is 118 Å². The average molecular weight is 265 g/mol. The molecule has 1 N–H and O–H groups in total. The predicted octanol–water partition coefficient (Wildman–Crippen LogP) is 1.25. The first-order valence-corrected chi connectivity index (χ1v) is 6.91. The summed E-state index contributed by atoms with van der Waals surface area (Å²) >= 11 is 0. The van der Waals surface area contributed by atoms with Crippen molar-refractivity contribution in [1.29, 1.82) is 0 Å². The van der Waals surface area contributed by atoms with Gasteiger partial charge in [0, 0.05) is 13.6 Å². The van der Waals surface area contributed by atoms with Gasteiger partial charge >= 0.3 is 0 Å². The molecule has 0 fully saturated rings. The summed E-state index contributed by atoms with van der Waals surface area (Å²) in [4.78, 5) is 2.25. The van der Waals surface area contributed by atoms with Crippen LogP contribution in [0.15, 0.2) is 30.3 Å². The van der Waals surface area contributed by atoms with Crippen molar-refractivity contribution in [2.75, 3.05) is 61.4 Å². The Kier molecular flexibility index (Phi) is 6.45. The number of quaternary nitrogens is 1. The van der Waals surface area contributed by atoms with E-state index in [0.29, 0.717) is 0 Å². The number of benzene rings is 1. The quantitative estimate of drug-likeness (QED) is 0.564. The molecule has 0 aliphatic heterocycles. The van der Waals surface area contributed by atoms with Crippen LogP contribution in [0.5, 0.6) is 0 Å². The number of hydrazine groups is 1. The lowest BCUT2D eigenvalue weighted by atomic mass is 10.2. The molecule has 1 rings (SSSR count). The van der Waals surface area contributed by atoms with Crippen molar-refractivity contribution < 1.29 is 0 Å². The fraction of sp³-hybridized carbons (Fsp3) is 0.600. The standard InChI is InChI=1S/C15H29N4/c1-16-18(4)12-14-19(5,13-11-17(2)3)15-9-7-6-8-10-15/h6-10,16H,11-14H2,1-5H3/q+1. The number of likely N-dealkylation sites (N-methyl/N-ethyl adjacent to an activating group) is 3. The number of para-hydroxylation sites is 1. The van der Waals surface area contributed by atoms with Crippen LogP contribution in [0.4, 0.5) is 5.69 Å². The van der Waals surface area contributed by atoms with Crippen LogP contribution in [0.2, 0.25) is 0 Å². The van der Waals surface area contributed by atoms with Gasteiger partial charge in [-0.15, -0.1) is 0 Å². The van der Waals surface area contributed by atoms with Gasteiger partial charge in [0.1, 0.15) is 5.69 Å². The fourth-order valence-electron chi connectivity index (χ4n) is 2.06. The van der Waals surface area contributed by atoms with Crippen molar-refractivity contribution in [1.82, 2.24) is 19.8 Å². The van der Waals surface area contributed by atoms with Crippen LogP contribution in [0.1, 0.15) is 0 Å².